The van der Waals surface area contributed by atoms with Crippen LogP contribution < -0.4 is 10.6 Å². The van der Waals surface area contributed by atoms with E-state index in [9.17, 15) is 9.59 Å². The molecule has 0 spiro atoms. The van der Waals surface area contributed by atoms with Crippen molar-refractivity contribution in [1.82, 2.24) is 14.9 Å². The molecular formula is C19H16N4O2S. The van der Waals surface area contributed by atoms with E-state index in [1.807, 2.05) is 54.6 Å². The van der Waals surface area contributed by atoms with Crippen molar-refractivity contribution in [2.24, 2.45) is 0 Å². The predicted molar refractivity (Wildman–Crippen MR) is 102 cm³/mol. The second-order valence-electron chi connectivity index (χ2n) is 6.10. The maximum atomic E-state index is 12.7. The van der Waals surface area contributed by atoms with E-state index in [0.717, 1.165) is 16.5 Å². The average Bonchev–Trinajstić information content (AvgIpc) is 2.98. The highest BCUT2D eigenvalue weighted by Crippen LogP contribution is 2.28. The summed E-state index contributed by atoms with van der Waals surface area (Å²) in [6, 6.07) is 16.4. The Labute approximate surface area is 154 Å². The molecule has 1 aliphatic rings. The average molecular weight is 364 g/mol. The van der Waals surface area contributed by atoms with E-state index < -0.39 is 6.04 Å². The minimum absolute atomic E-state index is 0.0381. The molecule has 0 unspecified atom stereocenters. The van der Waals surface area contributed by atoms with Gasteiger partial charge in [-0.15, -0.1) is 0 Å². The molecule has 130 valence electrons. The molecule has 2 N–H and O–H groups in total. The second-order valence-corrected chi connectivity index (χ2v) is 6.46. The standard InChI is InChI=1S/C19H16N4O2S/c24-16(20-11-12-6-2-1-3-7-12)10-15-18(25)23-17(21-15)13-8-4-5-9-14(13)22-19(23)26/h1-9,15,21H,10-11H2,(H,20,24)/t15-/m0/s1. The van der Waals surface area contributed by atoms with E-state index in [1.165, 1.54) is 4.57 Å². The highest BCUT2D eigenvalue weighted by molar-refractivity contribution is 7.71. The van der Waals surface area contributed by atoms with E-state index in [-0.39, 0.29) is 23.0 Å². The van der Waals surface area contributed by atoms with Crippen LogP contribution in [0.1, 0.15) is 16.8 Å². The lowest BCUT2D eigenvalue weighted by Gasteiger charge is -2.09. The van der Waals surface area contributed by atoms with Gasteiger partial charge in [0.15, 0.2) is 0 Å². The van der Waals surface area contributed by atoms with E-state index in [0.29, 0.717) is 12.4 Å². The molecule has 2 aromatic carbocycles. The zero-order valence-corrected chi connectivity index (χ0v) is 14.6. The molecule has 1 aromatic heterocycles. The van der Waals surface area contributed by atoms with Crippen molar-refractivity contribution < 1.29 is 9.59 Å². The SMILES string of the molecule is O=C(C[C@@H]1Nc2c3ccccc3nc(=S)n2C1=O)NCc1ccccc1. The number of hydrogen-bond acceptors (Lipinski definition) is 5. The third-order valence-electron chi connectivity index (χ3n) is 4.34. The Bertz CT molecular complexity index is 1060. The van der Waals surface area contributed by atoms with Crippen LogP contribution in [0.2, 0.25) is 0 Å². The Morgan fingerprint density at radius 3 is 2.69 bits per heavy atom. The number of carbonyl (C=O) groups is 2. The number of fused-ring (bicyclic) bond motifs is 3. The molecule has 0 saturated heterocycles. The zero-order valence-electron chi connectivity index (χ0n) is 13.8. The molecule has 0 fully saturated rings. The molecule has 1 atom stereocenters. The van der Waals surface area contributed by atoms with Crippen molar-refractivity contribution in [2.45, 2.75) is 19.0 Å². The molecular weight excluding hydrogens is 348 g/mol. The van der Waals surface area contributed by atoms with Gasteiger partial charge in [0.1, 0.15) is 11.9 Å². The maximum Gasteiger partial charge on any atom is 0.257 e. The summed E-state index contributed by atoms with van der Waals surface area (Å²) in [4.78, 5) is 29.3. The third-order valence-corrected chi connectivity index (χ3v) is 4.62. The first kappa shape index (κ1) is 16.4. The van der Waals surface area contributed by atoms with Gasteiger partial charge in [-0.25, -0.2) is 9.55 Å². The lowest BCUT2D eigenvalue weighted by atomic mass is 10.2. The summed E-state index contributed by atoms with van der Waals surface area (Å²) >= 11 is 5.26. The van der Waals surface area contributed by atoms with Crippen molar-refractivity contribution in [1.29, 1.82) is 0 Å². The molecule has 6 nitrogen and oxygen atoms in total. The highest BCUT2D eigenvalue weighted by Gasteiger charge is 2.33. The summed E-state index contributed by atoms with van der Waals surface area (Å²) in [6.45, 7) is 0.428. The monoisotopic (exact) mass is 364 g/mol. The van der Waals surface area contributed by atoms with Gasteiger partial charge in [-0.2, -0.15) is 0 Å². The summed E-state index contributed by atoms with van der Waals surface area (Å²) in [5.74, 6) is 0.154. The molecule has 3 aromatic rings. The molecule has 0 bridgehead atoms. The lowest BCUT2D eigenvalue weighted by Crippen LogP contribution is -2.33. The molecule has 0 radical (unpaired) electrons. The largest absolute Gasteiger partial charge is 0.358 e. The molecule has 0 aliphatic carbocycles. The number of carbonyl (C=O) groups excluding carboxylic acids is 2. The number of rotatable bonds is 4. The summed E-state index contributed by atoms with van der Waals surface area (Å²) in [5.41, 5.74) is 1.73. The van der Waals surface area contributed by atoms with Crippen LogP contribution in [0.3, 0.4) is 0 Å². The maximum absolute atomic E-state index is 12.7. The van der Waals surface area contributed by atoms with Gasteiger partial charge in [-0.1, -0.05) is 42.5 Å². The van der Waals surface area contributed by atoms with Crippen LogP contribution in [0.15, 0.2) is 54.6 Å². The van der Waals surface area contributed by atoms with Gasteiger partial charge in [0.25, 0.3) is 5.91 Å². The first-order chi connectivity index (χ1) is 12.6. The van der Waals surface area contributed by atoms with Crippen molar-refractivity contribution in [2.75, 3.05) is 5.32 Å². The van der Waals surface area contributed by atoms with Gasteiger partial charge in [-0.05, 0) is 29.9 Å². The summed E-state index contributed by atoms with van der Waals surface area (Å²) in [5, 5.41) is 6.79. The number of nitrogens with one attached hydrogen (secondary N) is 2. The molecule has 0 saturated carbocycles. The number of benzene rings is 2. The van der Waals surface area contributed by atoms with Crippen LogP contribution >= 0.6 is 12.2 Å². The number of hydrogen-bond donors (Lipinski definition) is 2. The van der Waals surface area contributed by atoms with Crippen LogP contribution in [0.5, 0.6) is 0 Å². The van der Waals surface area contributed by atoms with E-state index in [4.69, 9.17) is 12.2 Å². The number of nitrogens with zero attached hydrogens (tertiary/aromatic N) is 2. The normalized spacial score (nSPS) is 15.5. The molecule has 1 aliphatic heterocycles. The third kappa shape index (κ3) is 2.97. The number of aromatic nitrogens is 2. The predicted octanol–water partition coefficient (Wildman–Crippen LogP) is 2.91. The van der Waals surface area contributed by atoms with Crippen molar-refractivity contribution in [3.05, 3.63) is 64.9 Å². The van der Waals surface area contributed by atoms with Crippen LogP contribution in [0.25, 0.3) is 10.9 Å². The van der Waals surface area contributed by atoms with Crippen molar-refractivity contribution in [3.63, 3.8) is 0 Å². The first-order valence-electron chi connectivity index (χ1n) is 8.26. The van der Waals surface area contributed by atoms with Crippen molar-refractivity contribution in [3.8, 4) is 0 Å². The van der Waals surface area contributed by atoms with Gasteiger partial charge in [-0.3, -0.25) is 9.59 Å². The molecule has 7 heteroatoms. The van der Waals surface area contributed by atoms with Crippen LogP contribution in [-0.4, -0.2) is 27.4 Å². The Morgan fingerprint density at radius 1 is 1.15 bits per heavy atom. The van der Waals surface area contributed by atoms with Gasteiger partial charge in [0.05, 0.1) is 11.9 Å². The van der Waals surface area contributed by atoms with Crippen LogP contribution in [-0.2, 0) is 11.3 Å². The smallest absolute Gasteiger partial charge is 0.257 e. The van der Waals surface area contributed by atoms with E-state index in [2.05, 4.69) is 15.6 Å². The van der Waals surface area contributed by atoms with Gasteiger partial charge >= 0.3 is 0 Å². The summed E-state index contributed by atoms with van der Waals surface area (Å²) < 4.78 is 1.58. The van der Waals surface area contributed by atoms with Crippen LogP contribution in [0, 0.1) is 4.77 Å². The highest BCUT2D eigenvalue weighted by atomic mass is 32.1. The van der Waals surface area contributed by atoms with Gasteiger partial charge in [0.2, 0.25) is 10.7 Å². The number of amides is 1. The fourth-order valence-electron chi connectivity index (χ4n) is 3.06. The van der Waals surface area contributed by atoms with Gasteiger partial charge < -0.3 is 10.6 Å². The lowest BCUT2D eigenvalue weighted by molar-refractivity contribution is -0.121. The fraction of sp³-hybridized carbons (Fsp3) is 0.158. The Balaban J connectivity index is 1.51. The fourth-order valence-corrected chi connectivity index (χ4v) is 3.34. The van der Waals surface area contributed by atoms with E-state index >= 15 is 0 Å². The Kier molecular flexibility index (Phi) is 4.22. The van der Waals surface area contributed by atoms with E-state index in [1.54, 1.807) is 0 Å². The topological polar surface area (TPSA) is 76.0 Å². The molecule has 1 amide bonds. The molecule has 2 heterocycles. The number of para-hydroxylation sites is 1. The second kappa shape index (κ2) is 6.68. The number of anilines is 1. The minimum atomic E-state index is -0.653. The Hall–Kier alpha value is -3.06. The Morgan fingerprint density at radius 2 is 1.88 bits per heavy atom. The minimum Gasteiger partial charge on any atom is -0.358 e. The summed E-state index contributed by atoms with van der Waals surface area (Å²) in [7, 11) is 0. The molecule has 4 rings (SSSR count). The quantitative estimate of drug-likeness (QED) is 0.696. The summed E-state index contributed by atoms with van der Waals surface area (Å²) in [6.07, 6.45) is 0.0381. The zero-order chi connectivity index (χ0) is 18.1. The van der Waals surface area contributed by atoms with Crippen molar-refractivity contribution >= 4 is 40.8 Å². The molecule has 26 heavy (non-hydrogen) atoms. The van der Waals surface area contributed by atoms with Gasteiger partial charge in [0, 0.05) is 11.9 Å². The van der Waals surface area contributed by atoms with Crippen LogP contribution in [0.4, 0.5) is 5.82 Å². The first-order valence-corrected chi connectivity index (χ1v) is 8.67.